The predicted molar refractivity (Wildman–Crippen MR) is 150 cm³/mol. The van der Waals surface area contributed by atoms with Gasteiger partial charge in [0.15, 0.2) is 11.6 Å². The van der Waals surface area contributed by atoms with Crippen LogP contribution in [0.25, 0.3) is 5.57 Å². The Hall–Kier alpha value is -5.44. The monoisotopic (exact) mass is 564 g/mol. The molecule has 0 saturated heterocycles. The molecular weight excluding hydrogens is 540 g/mol. The van der Waals surface area contributed by atoms with Crippen LogP contribution in [0.15, 0.2) is 78.4 Å². The van der Waals surface area contributed by atoms with Gasteiger partial charge >= 0.3 is 11.9 Å². The van der Waals surface area contributed by atoms with Crippen LogP contribution >= 0.6 is 0 Å². The average molecular weight is 565 g/mol. The van der Waals surface area contributed by atoms with Crippen molar-refractivity contribution in [2.24, 2.45) is 0 Å². The molecule has 210 valence electrons. The minimum atomic E-state index is -1.67. The first-order chi connectivity index (χ1) is 20.2. The standard InChI is InChI=1S/C33H24O9/c1-17(34)41-23-13-24-30-27(16-23)42-32(37)33(30,19-7-11-21(38-2)12-8-19)25-14-22(39-3)15-26(40-4)29(25)28(31(24)36)18-5-9-20(35)10-6-18/h5-16H,1-4H3/t33-/m1/s1. The van der Waals surface area contributed by atoms with E-state index in [2.05, 4.69) is 0 Å². The van der Waals surface area contributed by atoms with Crippen LogP contribution in [0.1, 0.15) is 39.5 Å². The first-order valence-corrected chi connectivity index (χ1v) is 12.9. The highest BCUT2D eigenvalue weighted by molar-refractivity contribution is 6.34. The molecule has 0 fully saturated rings. The molecule has 1 heterocycles. The van der Waals surface area contributed by atoms with Crippen LogP contribution in [-0.4, -0.2) is 44.8 Å². The van der Waals surface area contributed by atoms with Crippen LogP contribution in [-0.2, 0) is 19.8 Å². The van der Waals surface area contributed by atoms with E-state index in [1.54, 1.807) is 48.6 Å². The van der Waals surface area contributed by atoms with Crippen molar-refractivity contribution in [1.82, 2.24) is 0 Å². The number of ether oxygens (including phenoxy) is 5. The van der Waals surface area contributed by atoms with E-state index < -0.39 is 23.1 Å². The third-order valence-electron chi connectivity index (χ3n) is 7.54. The van der Waals surface area contributed by atoms with Gasteiger partial charge in [-0.15, -0.1) is 0 Å². The second-order valence-electron chi connectivity index (χ2n) is 9.79. The lowest BCUT2D eigenvalue weighted by atomic mass is 9.68. The van der Waals surface area contributed by atoms with Crippen LogP contribution < -0.4 is 23.7 Å². The molecule has 0 bridgehead atoms. The van der Waals surface area contributed by atoms with Crippen molar-refractivity contribution < 1.29 is 42.9 Å². The number of benzene rings is 3. The summed E-state index contributed by atoms with van der Waals surface area (Å²) in [6, 6.07) is 13.0. The summed E-state index contributed by atoms with van der Waals surface area (Å²) in [4.78, 5) is 53.0. The Morgan fingerprint density at radius 2 is 1.48 bits per heavy atom. The number of hydrogen-bond acceptors (Lipinski definition) is 9. The topological polar surface area (TPSA) is 114 Å². The molecule has 42 heavy (non-hydrogen) atoms. The van der Waals surface area contributed by atoms with Gasteiger partial charge in [0.2, 0.25) is 0 Å². The van der Waals surface area contributed by atoms with Crippen molar-refractivity contribution in [1.29, 1.82) is 0 Å². The van der Waals surface area contributed by atoms with Gasteiger partial charge in [-0.25, -0.2) is 4.79 Å². The molecule has 2 aliphatic carbocycles. The van der Waals surface area contributed by atoms with E-state index >= 15 is 0 Å². The molecule has 1 aliphatic heterocycles. The largest absolute Gasteiger partial charge is 0.497 e. The zero-order valence-corrected chi connectivity index (χ0v) is 23.1. The van der Waals surface area contributed by atoms with Gasteiger partial charge in [-0.05, 0) is 53.1 Å². The fourth-order valence-electron chi connectivity index (χ4n) is 5.81. The van der Waals surface area contributed by atoms with Gasteiger partial charge in [0, 0.05) is 41.3 Å². The second kappa shape index (κ2) is 9.88. The summed E-state index contributed by atoms with van der Waals surface area (Å²) in [7, 11) is 4.47. The van der Waals surface area contributed by atoms with Gasteiger partial charge in [-0.1, -0.05) is 24.3 Å². The van der Waals surface area contributed by atoms with Crippen molar-refractivity contribution in [2.75, 3.05) is 21.3 Å². The molecule has 0 aromatic heterocycles. The Bertz CT molecular complexity index is 1790. The Kier molecular flexibility index (Phi) is 6.30. The SMILES string of the molecule is COc1ccc([C@]23C(=O)Oc4cc(OC(C)=O)cc(c42)C(=O)C(=C2C=CC(=O)C=C2)c2c(OC)cc(OC)cc23)cc1. The summed E-state index contributed by atoms with van der Waals surface area (Å²) < 4.78 is 28.0. The van der Waals surface area contributed by atoms with Crippen molar-refractivity contribution in [3.8, 4) is 28.7 Å². The number of carbonyl (C=O) groups excluding carboxylic acids is 4. The summed E-state index contributed by atoms with van der Waals surface area (Å²) in [6.45, 7) is 1.23. The number of Topliss-reactive ketones (excluding diaryl/α,β-unsaturated/α-hetero) is 1. The van der Waals surface area contributed by atoms with Crippen LogP contribution in [0.2, 0.25) is 0 Å². The molecule has 3 aromatic rings. The normalized spacial score (nSPS) is 18.2. The Labute approximate surface area is 240 Å². The lowest BCUT2D eigenvalue weighted by Crippen LogP contribution is -2.37. The highest BCUT2D eigenvalue weighted by Gasteiger charge is 2.58. The minimum absolute atomic E-state index is 0.0349. The summed E-state index contributed by atoms with van der Waals surface area (Å²) in [5.41, 5.74) is 0.506. The Balaban J connectivity index is 1.84. The third-order valence-corrected chi connectivity index (χ3v) is 7.54. The number of esters is 2. The molecule has 0 N–H and O–H groups in total. The van der Waals surface area contributed by atoms with Crippen LogP contribution in [0.4, 0.5) is 0 Å². The number of hydrogen-bond donors (Lipinski definition) is 0. The van der Waals surface area contributed by atoms with Gasteiger partial charge in [-0.3, -0.25) is 14.4 Å². The van der Waals surface area contributed by atoms with Crippen molar-refractivity contribution in [3.63, 3.8) is 0 Å². The zero-order valence-electron chi connectivity index (χ0n) is 23.1. The number of rotatable bonds is 5. The molecule has 9 heteroatoms. The molecule has 3 aliphatic rings. The second-order valence-corrected chi connectivity index (χ2v) is 9.79. The smallest absolute Gasteiger partial charge is 0.331 e. The third kappa shape index (κ3) is 3.85. The molecule has 0 radical (unpaired) electrons. The van der Waals surface area contributed by atoms with Gasteiger partial charge < -0.3 is 23.7 Å². The number of methoxy groups -OCH3 is 3. The number of allylic oxidation sites excluding steroid dienone is 6. The summed E-state index contributed by atoms with van der Waals surface area (Å²) in [5.74, 6) is -0.706. The van der Waals surface area contributed by atoms with E-state index in [-0.39, 0.29) is 39.7 Å². The lowest BCUT2D eigenvalue weighted by molar-refractivity contribution is -0.135. The quantitative estimate of drug-likeness (QED) is 0.250. The first-order valence-electron chi connectivity index (χ1n) is 12.9. The Morgan fingerprint density at radius 1 is 0.786 bits per heavy atom. The van der Waals surface area contributed by atoms with Crippen molar-refractivity contribution in [3.05, 3.63) is 106 Å². The average Bonchev–Trinajstić information content (AvgIpc) is 3.24. The van der Waals surface area contributed by atoms with Crippen LogP contribution in [0, 0.1) is 0 Å². The summed E-state index contributed by atoms with van der Waals surface area (Å²) in [6.07, 6.45) is 5.80. The van der Waals surface area contributed by atoms with Crippen LogP contribution in [0.3, 0.4) is 0 Å². The molecule has 0 unspecified atom stereocenters. The summed E-state index contributed by atoms with van der Waals surface area (Å²) >= 11 is 0. The number of fused-ring (bicyclic) bond motifs is 2. The molecule has 3 aromatic carbocycles. The van der Waals surface area contributed by atoms with E-state index in [0.717, 1.165) is 0 Å². The van der Waals surface area contributed by atoms with E-state index in [4.69, 9.17) is 23.7 Å². The van der Waals surface area contributed by atoms with Crippen LogP contribution in [0.5, 0.6) is 28.7 Å². The van der Waals surface area contributed by atoms with Crippen molar-refractivity contribution >= 4 is 29.1 Å². The fourth-order valence-corrected chi connectivity index (χ4v) is 5.81. The van der Waals surface area contributed by atoms with Crippen molar-refractivity contribution in [2.45, 2.75) is 12.3 Å². The van der Waals surface area contributed by atoms with E-state index in [1.165, 1.54) is 52.5 Å². The Morgan fingerprint density at radius 3 is 2.10 bits per heavy atom. The van der Waals surface area contributed by atoms with E-state index in [1.807, 2.05) is 0 Å². The highest BCUT2D eigenvalue weighted by Crippen LogP contribution is 2.58. The first kappa shape index (κ1) is 26.8. The lowest BCUT2D eigenvalue weighted by Gasteiger charge is -2.30. The molecule has 1 atom stereocenters. The van der Waals surface area contributed by atoms with E-state index in [9.17, 15) is 19.2 Å². The predicted octanol–water partition coefficient (Wildman–Crippen LogP) is 4.54. The minimum Gasteiger partial charge on any atom is -0.497 e. The molecule has 0 amide bonds. The van der Waals surface area contributed by atoms with E-state index in [0.29, 0.717) is 33.8 Å². The van der Waals surface area contributed by atoms with Gasteiger partial charge in [0.25, 0.3) is 0 Å². The maximum Gasteiger partial charge on any atom is 0.331 e. The van der Waals surface area contributed by atoms with Gasteiger partial charge in [0.05, 0.1) is 21.3 Å². The fraction of sp³-hybridized carbons (Fsp3) is 0.152. The highest BCUT2D eigenvalue weighted by atomic mass is 16.6. The molecule has 0 spiro atoms. The zero-order chi connectivity index (χ0) is 29.8. The molecule has 6 rings (SSSR count). The maximum atomic E-state index is 14.7. The number of ketones is 2. The number of carbonyl (C=O) groups is 4. The van der Waals surface area contributed by atoms with Gasteiger partial charge in [0.1, 0.15) is 34.2 Å². The van der Waals surface area contributed by atoms with Gasteiger partial charge in [-0.2, -0.15) is 0 Å². The molecule has 0 saturated carbocycles. The molecule has 9 nitrogen and oxygen atoms in total. The molecular formula is C33H24O9. The summed E-state index contributed by atoms with van der Waals surface area (Å²) in [5, 5.41) is 0. The maximum absolute atomic E-state index is 14.7.